The van der Waals surface area contributed by atoms with Crippen molar-refractivity contribution in [3.05, 3.63) is 94.5 Å². The summed E-state index contributed by atoms with van der Waals surface area (Å²) in [5, 5.41) is 0.435. The maximum absolute atomic E-state index is 13.6. The van der Waals surface area contributed by atoms with Gasteiger partial charge in [-0.05, 0) is 42.0 Å². The van der Waals surface area contributed by atoms with Gasteiger partial charge in [-0.3, -0.25) is 9.69 Å². The molecule has 1 amide bonds. The van der Waals surface area contributed by atoms with Crippen LogP contribution in [0.3, 0.4) is 0 Å². The molecule has 0 aliphatic heterocycles. The van der Waals surface area contributed by atoms with E-state index in [2.05, 4.69) is 4.98 Å². The molecule has 0 fully saturated rings. The number of carbonyl (C=O) groups is 1. The van der Waals surface area contributed by atoms with Gasteiger partial charge >= 0.3 is 0 Å². The van der Waals surface area contributed by atoms with Gasteiger partial charge in [-0.1, -0.05) is 53.3 Å². The molecule has 0 saturated carbocycles. The highest BCUT2D eigenvalue weighted by atomic mass is 35.5. The van der Waals surface area contributed by atoms with E-state index in [-0.39, 0.29) is 22.9 Å². The summed E-state index contributed by atoms with van der Waals surface area (Å²) < 4.78 is 27.6. The van der Waals surface area contributed by atoms with E-state index in [4.69, 9.17) is 11.6 Å². The predicted molar refractivity (Wildman–Crippen MR) is 108 cm³/mol. The van der Waals surface area contributed by atoms with E-state index in [1.54, 1.807) is 6.07 Å². The van der Waals surface area contributed by atoms with Crippen LogP contribution in [-0.2, 0) is 6.54 Å². The molecule has 140 valence electrons. The number of amides is 1. The maximum atomic E-state index is 13.6. The average Bonchev–Trinajstić information content (AvgIpc) is 3.09. The fraction of sp³-hybridized carbons (Fsp3) is 0.0476. The smallest absolute Gasteiger partial charge is 0.261 e. The quantitative estimate of drug-likeness (QED) is 0.405. The molecule has 0 radical (unpaired) electrons. The first-order chi connectivity index (χ1) is 13.5. The number of halogens is 3. The van der Waals surface area contributed by atoms with Crippen LogP contribution < -0.4 is 4.90 Å². The van der Waals surface area contributed by atoms with Crippen LogP contribution >= 0.6 is 22.9 Å². The lowest BCUT2D eigenvalue weighted by atomic mass is 10.1. The largest absolute Gasteiger partial charge is 0.279 e. The summed E-state index contributed by atoms with van der Waals surface area (Å²) >= 11 is 7.31. The van der Waals surface area contributed by atoms with Crippen LogP contribution in [0.2, 0.25) is 5.02 Å². The zero-order chi connectivity index (χ0) is 19.7. The first kappa shape index (κ1) is 18.5. The van der Waals surface area contributed by atoms with Crippen molar-refractivity contribution in [2.24, 2.45) is 0 Å². The Bertz CT molecular complexity index is 1160. The molecule has 0 saturated heterocycles. The van der Waals surface area contributed by atoms with E-state index in [1.165, 1.54) is 40.5 Å². The molecule has 1 heterocycles. The van der Waals surface area contributed by atoms with Gasteiger partial charge in [0.15, 0.2) is 5.13 Å². The minimum absolute atomic E-state index is 0.0233. The van der Waals surface area contributed by atoms with E-state index < -0.39 is 11.7 Å². The van der Waals surface area contributed by atoms with Crippen LogP contribution in [-0.4, -0.2) is 10.9 Å². The number of hydrogen-bond acceptors (Lipinski definition) is 3. The van der Waals surface area contributed by atoms with Crippen molar-refractivity contribution in [3.63, 3.8) is 0 Å². The van der Waals surface area contributed by atoms with Gasteiger partial charge in [0.25, 0.3) is 5.91 Å². The highest BCUT2D eigenvalue weighted by molar-refractivity contribution is 7.22. The van der Waals surface area contributed by atoms with Crippen molar-refractivity contribution in [2.75, 3.05) is 4.90 Å². The topological polar surface area (TPSA) is 33.2 Å². The second kappa shape index (κ2) is 7.66. The van der Waals surface area contributed by atoms with Crippen LogP contribution in [0.5, 0.6) is 0 Å². The minimum atomic E-state index is -0.522. The molecule has 3 aromatic carbocycles. The summed E-state index contributed by atoms with van der Waals surface area (Å²) in [6.07, 6.45) is 0. The third-order valence-electron chi connectivity index (χ3n) is 4.16. The summed E-state index contributed by atoms with van der Waals surface area (Å²) in [6, 6.07) is 17.3. The minimum Gasteiger partial charge on any atom is -0.279 e. The molecule has 0 bridgehead atoms. The number of fused-ring (bicyclic) bond motifs is 1. The van der Waals surface area contributed by atoms with Crippen LogP contribution in [0.15, 0.2) is 66.7 Å². The number of aromatic nitrogens is 1. The van der Waals surface area contributed by atoms with Gasteiger partial charge in [-0.25, -0.2) is 13.8 Å². The number of benzene rings is 3. The highest BCUT2D eigenvalue weighted by Crippen LogP contribution is 2.32. The molecule has 28 heavy (non-hydrogen) atoms. The molecule has 7 heteroatoms. The molecule has 0 aliphatic carbocycles. The van der Waals surface area contributed by atoms with Gasteiger partial charge in [0.1, 0.15) is 11.6 Å². The molecular weight excluding hydrogens is 402 g/mol. The second-order valence-corrected chi connectivity index (χ2v) is 7.53. The zero-order valence-electron chi connectivity index (χ0n) is 14.4. The Balaban J connectivity index is 1.79. The van der Waals surface area contributed by atoms with Gasteiger partial charge in [0.05, 0.1) is 27.3 Å². The summed E-state index contributed by atoms with van der Waals surface area (Å²) in [4.78, 5) is 19.2. The number of thiazole rings is 1. The monoisotopic (exact) mass is 414 g/mol. The maximum Gasteiger partial charge on any atom is 0.261 e. The second-order valence-electron chi connectivity index (χ2n) is 6.11. The SMILES string of the molecule is O=C(c1ccc(F)cc1Cl)N(Cc1ccccc1)c1nc2ccc(F)cc2s1. The Morgan fingerprint density at radius 2 is 1.71 bits per heavy atom. The Labute approximate surface area is 168 Å². The summed E-state index contributed by atoms with van der Waals surface area (Å²) in [6.45, 7) is 0.246. The molecule has 4 aromatic rings. The normalized spacial score (nSPS) is 11.0. The van der Waals surface area contributed by atoms with Crippen LogP contribution in [0.1, 0.15) is 15.9 Å². The number of hydrogen-bond donors (Lipinski definition) is 0. The van der Waals surface area contributed by atoms with E-state index in [1.807, 2.05) is 30.3 Å². The Kier molecular flexibility index (Phi) is 5.07. The number of rotatable bonds is 4. The van der Waals surface area contributed by atoms with Crippen molar-refractivity contribution in [1.82, 2.24) is 4.98 Å². The summed E-state index contributed by atoms with van der Waals surface area (Å²) in [5.74, 6) is -1.30. The van der Waals surface area contributed by atoms with Crippen molar-refractivity contribution < 1.29 is 13.6 Å². The molecule has 0 spiro atoms. The molecule has 0 unspecified atom stereocenters. The molecule has 0 atom stereocenters. The van der Waals surface area contributed by atoms with Gasteiger partial charge in [-0.15, -0.1) is 0 Å². The lowest BCUT2D eigenvalue weighted by Crippen LogP contribution is -2.30. The van der Waals surface area contributed by atoms with Crippen molar-refractivity contribution in [3.8, 4) is 0 Å². The molecular formula is C21H13ClF2N2OS. The van der Waals surface area contributed by atoms with Crippen LogP contribution in [0, 0.1) is 11.6 Å². The van der Waals surface area contributed by atoms with Crippen LogP contribution in [0.4, 0.5) is 13.9 Å². The Morgan fingerprint density at radius 1 is 1.00 bits per heavy atom. The number of nitrogens with zero attached hydrogens (tertiary/aromatic N) is 2. The molecule has 3 nitrogen and oxygen atoms in total. The zero-order valence-corrected chi connectivity index (χ0v) is 16.0. The third-order valence-corrected chi connectivity index (χ3v) is 5.51. The van der Waals surface area contributed by atoms with E-state index in [0.717, 1.165) is 11.6 Å². The van der Waals surface area contributed by atoms with Crippen LogP contribution in [0.25, 0.3) is 10.2 Å². The molecule has 4 rings (SSSR count). The van der Waals surface area contributed by atoms with Crippen molar-refractivity contribution in [2.45, 2.75) is 6.54 Å². The Hall–Kier alpha value is -2.83. The fourth-order valence-corrected chi connectivity index (χ4v) is 4.04. The van der Waals surface area contributed by atoms with Gasteiger partial charge in [0.2, 0.25) is 0 Å². The number of carbonyl (C=O) groups excluding carboxylic acids is 1. The van der Waals surface area contributed by atoms with E-state index in [9.17, 15) is 13.6 Å². The van der Waals surface area contributed by atoms with Gasteiger partial charge in [0, 0.05) is 0 Å². The molecule has 0 N–H and O–H groups in total. The fourth-order valence-electron chi connectivity index (χ4n) is 2.80. The first-order valence-electron chi connectivity index (χ1n) is 8.38. The molecule has 1 aromatic heterocycles. The summed E-state index contributed by atoms with van der Waals surface area (Å²) in [5.41, 5.74) is 1.65. The van der Waals surface area contributed by atoms with Crippen molar-refractivity contribution in [1.29, 1.82) is 0 Å². The van der Waals surface area contributed by atoms with Crippen molar-refractivity contribution >= 4 is 44.2 Å². The van der Waals surface area contributed by atoms with Gasteiger partial charge in [-0.2, -0.15) is 0 Å². The molecule has 0 aliphatic rings. The van der Waals surface area contributed by atoms with E-state index >= 15 is 0 Å². The van der Waals surface area contributed by atoms with E-state index in [0.29, 0.717) is 15.3 Å². The predicted octanol–water partition coefficient (Wildman–Crippen LogP) is 6.07. The first-order valence-corrected chi connectivity index (χ1v) is 9.57. The average molecular weight is 415 g/mol. The van der Waals surface area contributed by atoms with Gasteiger partial charge < -0.3 is 0 Å². The standard InChI is InChI=1S/C21H13ClF2N2OS/c22-17-10-14(23)6-8-16(17)20(27)26(12-13-4-2-1-3-5-13)21-25-18-9-7-15(24)11-19(18)28-21/h1-11H,12H2. The third kappa shape index (κ3) is 3.74. The summed E-state index contributed by atoms with van der Waals surface area (Å²) in [7, 11) is 0. The lowest BCUT2D eigenvalue weighted by Gasteiger charge is -2.20. The highest BCUT2D eigenvalue weighted by Gasteiger charge is 2.24. The Morgan fingerprint density at radius 3 is 2.46 bits per heavy atom. The number of anilines is 1. The lowest BCUT2D eigenvalue weighted by molar-refractivity contribution is 0.0985.